The molecule has 8 aromatic carbocycles. The van der Waals surface area contributed by atoms with E-state index in [9.17, 15) is 0 Å². The van der Waals surface area contributed by atoms with Crippen LogP contribution in [-0.2, 0) is 0 Å². The van der Waals surface area contributed by atoms with Crippen LogP contribution in [-0.4, -0.2) is 0 Å². The van der Waals surface area contributed by atoms with E-state index in [0.29, 0.717) is 0 Å². The van der Waals surface area contributed by atoms with Crippen molar-refractivity contribution in [2.75, 3.05) is 4.90 Å². The Balaban J connectivity index is 1.21. The molecule has 47 heavy (non-hydrogen) atoms. The highest BCUT2D eigenvalue weighted by atomic mass is 32.1. The smallest absolute Gasteiger partial charge is 0.136 e. The van der Waals surface area contributed by atoms with E-state index in [0.717, 1.165) is 33.3 Å². The zero-order valence-corrected chi connectivity index (χ0v) is 26.2. The minimum atomic E-state index is 0.895. The molecule has 0 atom stereocenters. The number of hydrogen-bond donors (Lipinski definition) is 0. The van der Waals surface area contributed by atoms with Gasteiger partial charge in [0.1, 0.15) is 11.2 Å². The van der Waals surface area contributed by atoms with Crippen molar-refractivity contribution < 1.29 is 4.42 Å². The Bertz CT molecular complexity index is 2800. The molecule has 3 heteroatoms. The number of furan rings is 1. The zero-order chi connectivity index (χ0) is 30.9. The molecule has 0 bridgehead atoms. The fourth-order valence-electron chi connectivity index (χ4n) is 7.28. The summed E-state index contributed by atoms with van der Waals surface area (Å²) < 4.78 is 8.97. The molecule has 2 nitrogen and oxygen atoms in total. The number of anilines is 3. The van der Waals surface area contributed by atoms with Gasteiger partial charge in [0.2, 0.25) is 0 Å². The van der Waals surface area contributed by atoms with Crippen LogP contribution in [0.3, 0.4) is 0 Å². The maximum atomic E-state index is 6.40. The van der Waals surface area contributed by atoms with Gasteiger partial charge in [0.25, 0.3) is 0 Å². The number of nitrogens with zero attached hydrogens (tertiary/aromatic N) is 1. The van der Waals surface area contributed by atoms with Crippen molar-refractivity contribution in [1.82, 2.24) is 0 Å². The summed E-state index contributed by atoms with van der Waals surface area (Å²) in [5.74, 6) is 0. The van der Waals surface area contributed by atoms with Crippen LogP contribution in [0.4, 0.5) is 17.1 Å². The number of hydrogen-bond acceptors (Lipinski definition) is 3. The van der Waals surface area contributed by atoms with Crippen LogP contribution in [0.15, 0.2) is 168 Å². The molecule has 2 heterocycles. The van der Waals surface area contributed by atoms with Crippen LogP contribution in [0, 0.1) is 0 Å². The van der Waals surface area contributed by atoms with Crippen LogP contribution < -0.4 is 4.90 Å². The lowest BCUT2D eigenvalue weighted by Gasteiger charge is -2.26. The highest BCUT2D eigenvalue weighted by Gasteiger charge is 2.20. The summed E-state index contributed by atoms with van der Waals surface area (Å²) >= 11 is 1.86. The minimum Gasteiger partial charge on any atom is -0.456 e. The predicted octanol–water partition coefficient (Wildman–Crippen LogP) is 13.4. The lowest BCUT2D eigenvalue weighted by molar-refractivity contribution is 0.669. The Hall–Kier alpha value is -5.90. The number of rotatable bonds is 4. The third-order valence-corrected chi connectivity index (χ3v) is 10.7. The quantitative estimate of drug-likeness (QED) is 0.195. The highest BCUT2D eigenvalue weighted by Crippen LogP contribution is 2.46. The first kappa shape index (κ1) is 26.3. The molecule has 0 spiro atoms. The van der Waals surface area contributed by atoms with E-state index in [1.807, 2.05) is 11.3 Å². The molecule has 10 aromatic rings. The van der Waals surface area contributed by atoms with Crippen LogP contribution >= 0.6 is 11.3 Å². The predicted molar refractivity (Wildman–Crippen MR) is 202 cm³/mol. The number of benzene rings is 8. The summed E-state index contributed by atoms with van der Waals surface area (Å²) in [4.78, 5) is 2.41. The molecular formula is C44H27NOS. The van der Waals surface area contributed by atoms with E-state index in [1.165, 1.54) is 58.5 Å². The molecule has 2 aromatic heterocycles. The van der Waals surface area contributed by atoms with Gasteiger partial charge in [-0.3, -0.25) is 0 Å². The van der Waals surface area contributed by atoms with Gasteiger partial charge in [0, 0.05) is 37.6 Å². The van der Waals surface area contributed by atoms with Crippen molar-refractivity contribution in [2.45, 2.75) is 0 Å². The molecule has 0 radical (unpaired) electrons. The third-order valence-electron chi connectivity index (χ3n) is 9.45. The topological polar surface area (TPSA) is 16.4 Å². The van der Waals surface area contributed by atoms with Crippen molar-refractivity contribution in [1.29, 1.82) is 0 Å². The molecule has 0 saturated heterocycles. The molecule has 0 saturated carbocycles. The lowest BCUT2D eigenvalue weighted by Crippen LogP contribution is -2.10. The van der Waals surface area contributed by atoms with Gasteiger partial charge in [0.05, 0.1) is 10.4 Å². The van der Waals surface area contributed by atoms with Gasteiger partial charge in [-0.15, -0.1) is 11.3 Å². The van der Waals surface area contributed by atoms with Gasteiger partial charge in [-0.05, 0) is 81.2 Å². The van der Waals surface area contributed by atoms with E-state index >= 15 is 0 Å². The molecule has 10 rings (SSSR count). The largest absolute Gasteiger partial charge is 0.456 e. The van der Waals surface area contributed by atoms with E-state index in [4.69, 9.17) is 4.42 Å². The van der Waals surface area contributed by atoms with Gasteiger partial charge in [0.15, 0.2) is 0 Å². The zero-order valence-electron chi connectivity index (χ0n) is 25.4. The maximum Gasteiger partial charge on any atom is 0.136 e. The molecule has 0 unspecified atom stereocenters. The average Bonchev–Trinajstić information content (AvgIpc) is 3.71. The van der Waals surface area contributed by atoms with Crippen LogP contribution in [0.1, 0.15) is 0 Å². The van der Waals surface area contributed by atoms with Crippen molar-refractivity contribution in [3.8, 4) is 11.1 Å². The second kappa shape index (κ2) is 10.3. The second-order valence-electron chi connectivity index (χ2n) is 12.1. The SMILES string of the molecule is c1ccc2c(-c3ccc(N(c4ccc5oc6ccc7ccccc7c6c5c4)c4cccc5c4sc4ccccc45)cc3)cccc2c1. The van der Waals surface area contributed by atoms with Crippen LogP contribution in [0.25, 0.3) is 74.8 Å². The van der Waals surface area contributed by atoms with Gasteiger partial charge in [-0.1, -0.05) is 115 Å². The molecule has 0 aliphatic carbocycles. The molecule has 0 fully saturated rings. The van der Waals surface area contributed by atoms with Crippen molar-refractivity contribution >= 4 is 92.1 Å². The first-order chi connectivity index (χ1) is 23.3. The van der Waals surface area contributed by atoms with Gasteiger partial charge in [-0.2, -0.15) is 0 Å². The van der Waals surface area contributed by atoms with Crippen LogP contribution in [0.5, 0.6) is 0 Å². The van der Waals surface area contributed by atoms with E-state index in [-0.39, 0.29) is 0 Å². The molecular weight excluding hydrogens is 591 g/mol. The van der Waals surface area contributed by atoms with Gasteiger partial charge in [-0.25, -0.2) is 0 Å². The Morgan fingerprint density at radius 2 is 1.11 bits per heavy atom. The fourth-order valence-corrected chi connectivity index (χ4v) is 8.48. The summed E-state index contributed by atoms with van der Waals surface area (Å²) in [7, 11) is 0. The summed E-state index contributed by atoms with van der Waals surface area (Å²) in [6, 6.07) is 59.0. The monoisotopic (exact) mass is 617 g/mol. The first-order valence-electron chi connectivity index (χ1n) is 15.9. The number of fused-ring (bicyclic) bond motifs is 9. The normalized spacial score (nSPS) is 11.8. The molecule has 0 aliphatic rings. The first-order valence-corrected chi connectivity index (χ1v) is 16.7. The molecule has 0 amide bonds. The Morgan fingerprint density at radius 1 is 0.447 bits per heavy atom. The Labute approximate surface area is 275 Å². The lowest BCUT2D eigenvalue weighted by atomic mass is 9.98. The number of thiophene rings is 1. The van der Waals surface area contributed by atoms with Crippen molar-refractivity contribution in [3.05, 3.63) is 164 Å². The van der Waals surface area contributed by atoms with Crippen LogP contribution in [0.2, 0.25) is 0 Å². The Kier molecular flexibility index (Phi) is 5.78. The van der Waals surface area contributed by atoms with Crippen molar-refractivity contribution in [3.63, 3.8) is 0 Å². The minimum absolute atomic E-state index is 0.895. The maximum absolute atomic E-state index is 6.40. The average molecular weight is 618 g/mol. The van der Waals surface area contributed by atoms with Crippen molar-refractivity contribution in [2.24, 2.45) is 0 Å². The van der Waals surface area contributed by atoms with E-state index in [1.54, 1.807) is 0 Å². The highest BCUT2D eigenvalue weighted by molar-refractivity contribution is 7.26. The second-order valence-corrected chi connectivity index (χ2v) is 13.2. The van der Waals surface area contributed by atoms with Gasteiger partial charge >= 0.3 is 0 Å². The standard InChI is InChI=1S/C44H27NOS/c1-3-12-33-28(9-1)11-7-15-34(33)30-19-22-31(23-20-30)45(39-17-8-16-37-36-14-5-6-18-42(36)47-44(37)39)32-24-26-40-38(27-32)43-35-13-4-2-10-29(35)21-25-41(43)46-40/h1-27H. The Morgan fingerprint density at radius 3 is 1.98 bits per heavy atom. The van der Waals surface area contributed by atoms with Gasteiger partial charge < -0.3 is 9.32 Å². The summed E-state index contributed by atoms with van der Waals surface area (Å²) in [5, 5.41) is 9.79. The summed E-state index contributed by atoms with van der Waals surface area (Å²) in [5.41, 5.74) is 7.62. The fraction of sp³-hybridized carbons (Fsp3) is 0. The molecule has 0 N–H and O–H groups in total. The molecule has 220 valence electrons. The van der Waals surface area contributed by atoms with E-state index in [2.05, 4.69) is 169 Å². The third kappa shape index (κ3) is 4.10. The summed E-state index contributed by atoms with van der Waals surface area (Å²) in [6.07, 6.45) is 0. The van der Waals surface area contributed by atoms with E-state index < -0.39 is 0 Å². The molecule has 0 aliphatic heterocycles. The summed E-state index contributed by atoms with van der Waals surface area (Å²) in [6.45, 7) is 0.